The molecule has 0 aromatic carbocycles. The van der Waals surface area contributed by atoms with Crippen LogP contribution in [0.1, 0.15) is 33.1 Å². The van der Waals surface area contributed by atoms with Crippen LogP contribution >= 0.6 is 0 Å². The van der Waals surface area contributed by atoms with Crippen LogP contribution in [-0.2, 0) is 14.9 Å². The van der Waals surface area contributed by atoms with Crippen molar-refractivity contribution in [3.05, 3.63) is 0 Å². The fourth-order valence-electron chi connectivity index (χ4n) is 1.77. The minimum absolute atomic E-state index is 0.118. The molecule has 0 aromatic rings. The fraction of sp³-hybridized carbons (Fsp3) is 0.917. The van der Waals surface area contributed by atoms with E-state index < -0.39 is 10.1 Å². The summed E-state index contributed by atoms with van der Waals surface area (Å²) in [4.78, 5) is 13.2. The second kappa shape index (κ2) is 9.28. The van der Waals surface area contributed by atoms with Gasteiger partial charge in [-0.2, -0.15) is 8.42 Å². The van der Waals surface area contributed by atoms with Crippen LogP contribution in [-0.4, -0.2) is 56.2 Å². The van der Waals surface area contributed by atoms with Gasteiger partial charge in [0.25, 0.3) is 10.1 Å². The van der Waals surface area contributed by atoms with Crippen molar-refractivity contribution in [2.75, 3.05) is 32.4 Å². The number of nitrogens with zero attached hydrogens (tertiary/aromatic N) is 1. The molecule has 0 radical (unpaired) electrons. The highest BCUT2D eigenvalue weighted by atomic mass is 32.2. The molecule has 1 atom stereocenters. The first-order chi connectivity index (χ1) is 8.78. The zero-order valence-corrected chi connectivity index (χ0v) is 12.9. The summed E-state index contributed by atoms with van der Waals surface area (Å²) >= 11 is 0. The monoisotopic (exact) mass is 294 g/mol. The van der Waals surface area contributed by atoms with E-state index in [4.69, 9.17) is 4.55 Å². The first kappa shape index (κ1) is 18.3. The quantitative estimate of drug-likeness (QED) is 0.581. The van der Waals surface area contributed by atoms with Gasteiger partial charge in [0.1, 0.15) is 0 Å². The highest BCUT2D eigenvalue weighted by Crippen LogP contribution is 2.08. The van der Waals surface area contributed by atoms with E-state index in [0.29, 0.717) is 12.5 Å². The lowest BCUT2D eigenvalue weighted by atomic mass is 10.0. The van der Waals surface area contributed by atoms with E-state index in [0.717, 1.165) is 19.3 Å². The molecular weight excluding hydrogens is 268 g/mol. The van der Waals surface area contributed by atoms with Crippen molar-refractivity contribution in [2.24, 2.45) is 5.92 Å². The Labute approximate surface area is 116 Å². The van der Waals surface area contributed by atoms with E-state index in [9.17, 15) is 13.2 Å². The summed E-state index contributed by atoms with van der Waals surface area (Å²) in [5, 5.41) is 2.85. The van der Waals surface area contributed by atoms with Crippen LogP contribution < -0.4 is 5.32 Å². The summed E-state index contributed by atoms with van der Waals surface area (Å²) in [6, 6.07) is 0. The van der Waals surface area contributed by atoms with Crippen molar-refractivity contribution < 1.29 is 17.8 Å². The van der Waals surface area contributed by atoms with Crippen LogP contribution in [0.25, 0.3) is 0 Å². The number of hydrogen-bond donors (Lipinski definition) is 2. The normalized spacial score (nSPS) is 13.5. The van der Waals surface area contributed by atoms with Crippen LogP contribution in [0.5, 0.6) is 0 Å². The van der Waals surface area contributed by atoms with Crippen LogP contribution in [0.2, 0.25) is 0 Å². The van der Waals surface area contributed by atoms with E-state index >= 15 is 0 Å². The second-order valence-corrected chi connectivity index (χ2v) is 6.46. The van der Waals surface area contributed by atoms with E-state index in [1.54, 1.807) is 11.9 Å². The van der Waals surface area contributed by atoms with E-state index in [1.165, 1.54) is 0 Å². The van der Waals surface area contributed by atoms with Gasteiger partial charge in [-0.3, -0.25) is 14.2 Å². The maximum Gasteiger partial charge on any atom is 0.266 e. The van der Waals surface area contributed by atoms with Crippen LogP contribution in [0, 0.1) is 5.92 Å². The van der Waals surface area contributed by atoms with E-state index in [1.807, 2.05) is 0 Å². The predicted octanol–water partition coefficient (Wildman–Crippen LogP) is 0.749. The summed E-state index contributed by atoms with van der Waals surface area (Å²) in [5.74, 6) is 0.0222. The molecular formula is C12H26N2O4S. The average Bonchev–Trinajstić information content (AvgIpc) is 2.31. The van der Waals surface area contributed by atoms with Gasteiger partial charge in [-0.05, 0) is 19.4 Å². The molecule has 0 aliphatic rings. The molecule has 6 nitrogen and oxygen atoms in total. The van der Waals surface area contributed by atoms with Crippen molar-refractivity contribution in [1.29, 1.82) is 0 Å². The van der Waals surface area contributed by atoms with Gasteiger partial charge in [0, 0.05) is 13.1 Å². The van der Waals surface area contributed by atoms with Crippen molar-refractivity contribution in [3.63, 3.8) is 0 Å². The zero-order chi connectivity index (χ0) is 14.9. The molecule has 0 bridgehead atoms. The third-order valence-electron chi connectivity index (χ3n) is 3.01. The number of likely N-dealkylation sites (N-methyl/N-ethyl adjacent to an activating group) is 1. The molecule has 0 fully saturated rings. The number of amides is 1. The molecule has 1 amide bonds. The molecule has 114 valence electrons. The fourth-order valence-corrected chi connectivity index (χ4v) is 2.31. The summed E-state index contributed by atoms with van der Waals surface area (Å²) in [6.45, 7) is 5.16. The van der Waals surface area contributed by atoms with Gasteiger partial charge < -0.3 is 5.32 Å². The van der Waals surface area contributed by atoms with Gasteiger partial charge in [-0.25, -0.2) is 0 Å². The zero-order valence-electron chi connectivity index (χ0n) is 12.1. The summed E-state index contributed by atoms with van der Waals surface area (Å²) in [6.07, 6.45) is 3.23. The third-order valence-corrected chi connectivity index (χ3v) is 3.71. The van der Waals surface area contributed by atoms with Gasteiger partial charge >= 0.3 is 0 Å². The number of nitrogens with one attached hydrogen (secondary N) is 1. The minimum atomic E-state index is -3.97. The molecule has 0 aliphatic heterocycles. The standard InChI is InChI=1S/C12H26N2O4S/c1-4-6-11(5-2)9-13-12(15)10-14(3)7-8-19(16,17)18/h11H,4-10H2,1-3H3,(H,13,15)(H,16,17,18). The number of hydrogen-bond acceptors (Lipinski definition) is 4. The highest BCUT2D eigenvalue weighted by molar-refractivity contribution is 7.85. The Morgan fingerprint density at radius 1 is 1.37 bits per heavy atom. The predicted molar refractivity (Wildman–Crippen MR) is 75.6 cm³/mol. The largest absolute Gasteiger partial charge is 0.355 e. The molecule has 1 unspecified atom stereocenters. The Hall–Kier alpha value is -0.660. The Morgan fingerprint density at radius 3 is 2.47 bits per heavy atom. The lowest BCUT2D eigenvalue weighted by Gasteiger charge is -2.18. The third kappa shape index (κ3) is 10.9. The van der Waals surface area contributed by atoms with Crippen molar-refractivity contribution >= 4 is 16.0 Å². The number of carbonyl (C=O) groups is 1. The SMILES string of the molecule is CCCC(CC)CNC(=O)CN(C)CCS(=O)(=O)O. The summed E-state index contributed by atoms with van der Waals surface area (Å²) < 4.78 is 29.8. The van der Waals surface area contributed by atoms with Gasteiger partial charge in [-0.1, -0.05) is 26.7 Å². The maximum atomic E-state index is 11.6. The molecule has 7 heteroatoms. The first-order valence-electron chi connectivity index (χ1n) is 6.68. The summed E-state index contributed by atoms with van der Waals surface area (Å²) in [5.41, 5.74) is 0. The van der Waals surface area contributed by atoms with Gasteiger partial charge in [-0.15, -0.1) is 0 Å². The highest BCUT2D eigenvalue weighted by Gasteiger charge is 2.12. The molecule has 0 rings (SSSR count). The Bertz CT molecular complexity index is 357. The van der Waals surface area contributed by atoms with E-state index in [2.05, 4.69) is 19.2 Å². The Morgan fingerprint density at radius 2 is 2.00 bits per heavy atom. The minimum Gasteiger partial charge on any atom is -0.355 e. The van der Waals surface area contributed by atoms with Crippen LogP contribution in [0.15, 0.2) is 0 Å². The van der Waals surface area contributed by atoms with Crippen LogP contribution in [0.4, 0.5) is 0 Å². The molecule has 0 heterocycles. The number of rotatable bonds is 10. The second-order valence-electron chi connectivity index (χ2n) is 4.89. The molecule has 0 saturated heterocycles. The first-order valence-corrected chi connectivity index (χ1v) is 8.29. The topological polar surface area (TPSA) is 86.7 Å². The van der Waals surface area contributed by atoms with Gasteiger partial charge in [0.15, 0.2) is 0 Å². The molecule has 2 N–H and O–H groups in total. The molecule has 0 spiro atoms. The van der Waals surface area contributed by atoms with Gasteiger partial charge in [0.05, 0.1) is 12.3 Å². The summed E-state index contributed by atoms with van der Waals surface area (Å²) in [7, 11) is -2.32. The molecule has 0 aliphatic carbocycles. The smallest absolute Gasteiger partial charge is 0.266 e. The number of carbonyl (C=O) groups excluding carboxylic acids is 1. The average molecular weight is 294 g/mol. The lowest BCUT2D eigenvalue weighted by Crippen LogP contribution is -2.39. The molecule has 0 aromatic heterocycles. The van der Waals surface area contributed by atoms with Crippen molar-refractivity contribution in [3.8, 4) is 0 Å². The maximum absolute atomic E-state index is 11.6. The van der Waals surface area contributed by atoms with Crippen molar-refractivity contribution in [1.82, 2.24) is 10.2 Å². The Balaban J connectivity index is 3.90. The van der Waals surface area contributed by atoms with Crippen molar-refractivity contribution in [2.45, 2.75) is 33.1 Å². The Kier molecular flexibility index (Phi) is 8.95. The van der Waals surface area contributed by atoms with Gasteiger partial charge in [0.2, 0.25) is 5.91 Å². The lowest BCUT2D eigenvalue weighted by molar-refractivity contribution is -0.122. The van der Waals surface area contributed by atoms with E-state index in [-0.39, 0.29) is 24.7 Å². The molecule has 0 saturated carbocycles. The molecule has 19 heavy (non-hydrogen) atoms. The van der Waals surface area contributed by atoms with Crippen LogP contribution in [0.3, 0.4) is 0 Å².